The van der Waals surface area contributed by atoms with Gasteiger partial charge in [-0.25, -0.2) is 4.79 Å². The minimum absolute atomic E-state index is 0. The van der Waals surface area contributed by atoms with Crippen molar-refractivity contribution in [1.29, 1.82) is 0 Å². The van der Waals surface area contributed by atoms with Crippen molar-refractivity contribution in [1.82, 2.24) is 10.2 Å². The lowest BCUT2D eigenvalue weighted by atomic mass is 9.90. The molecule has 6 nitrogen and oxygen atoms in total. The van der Waals surface area contributed by atoms with Crippen molar-refractivity contribution in [3.63, 3.8) is 0 Å². The van der Waals surface area contributed by atoms with Crippen LogP contribution in [0.4, 0.5) is 10.5 Å². The molecule has 2 heterocycles. The molecule has 0 saturated carbocycles. The van der Waals surface area contributed by atoms with Crippen LogP contribution in [0.5, 0.6) is 0 Å². The Morgan fingerprint density at radius 3 is 2.64 bits per heavy atom. The molecule has 138 valence electrons. The SMILES string of the molecule is CC(N)C1CCN(C(=O)c2cccc(N3CCCNC3=O)c2)CC1.Cl. The summed E-state index contributed by atoms with van der Waals surface area (Å²) in [6, 6.07) is 7.46. The van der Waals surface area contributed by atoms with E-state index in [9.17, 15) is 9.59 Å². The van der Waals surface area contributed by atoms with Crippen molar-refractivity contribution in [3.8, 4) is 0 Å². The predicted octanol–water partition coefficient (Wildman–Crippen LogP) is 2.23. The van der Waals surface area contributed by atoms with E-state index in [1.165, 1.54) is 0 Å². The summed E-state index contributed by atoms with van der Waals surface area (Å²) in [5, 5.41) is 2.84. The third-order valence-corrected chi connectivity index (χ3v) is 5.06. The maximum atomic E-state index is 12.8. The highest BCUT2D eigenvalue weighted by Crippen LogP contribution is 2.23. The van der Waals surface area contributed by atoms with Gasteiger partial charge in [-0.2, -0.15) is 0 Å². The molecule has 1 aromatic carbocycles. The van der Waals surface area contributed by atoms with Gasteiger partial charge in [0, 0.05) is 43.5 Å². The highest BCUT2D eigenvalue weighted by Gasteiger charge is 2.26. The van der Waals surface area contributed by atoms with Crippen molar-refractivity contribution in [2.75, 3.05) is 31.1 Å². The van der Waals surface area contributed by atoms with E-state index in [4.69, 9.17) is 5.73 Å². The van der Waals surface area contributed by atoms with E-state index in [1.54, 1.807) is 4.90 Å². The number of rotatable bonds is 3. The maximum Gasteiger partial charge on any atom is 0.321 e. The van der Waals surface area contributed by atoms with Crippen molar-refractivity contribution >= 4 is 30.0 Å². The largest absolute Gasteiger partial charge is 0.339 e. The van der Waals surface area contributed by atoms with Crippen LogP contribution in [0, 0.1) is 5.92 Å². The first-order valence-electron chi connectivity index (χ1n) is 8.76. The summed E-state index contributed by atoms with van der Waals surface area (Å²) in [5.41, 5.74) is 7.39. The molecule has 0 aliphatic carbocycles. The number of hydrogen-bond acceptors (Lipinski definition) is 3. The third-order valence-electron chi connectivity index (χ3n) is 5.06. The Balaban J connectivity index is 0.00000225. The van der Waals surface area contributed by atoms with Gasteiger partial charge in [-0.15, -0.1) is 12.4 Å². The van der Waals surface area contributed by atoms with E-state index in [-0.39, 0.29) is 30.4 Å². The Labute approximate surface area is 155 Å². The first-order chi connectivity index (χ1) is 11.6. The Morgan fingerprint density at radius 1 is 1.28 bits per heavy atom. The van der Waals surface area contributed by atoms with Gasteiger partial charge in [0.05, 0.1) is 0 Å². The Bertz CT molecular complexity index is 615. The highest BCUT2D eigenvalue weighted by atomic mass is 35.5. The van der Waals surface area contributed by atoms with Gasteiger partial charge in [0.1, 0.15) is 0 Å². The number of hydrogen-bond donors (Lipinski definition) is 2. The fourth-order valence-corrected chi connectivity index (χ4v) is 3.49. The van der Waals surface area contributed by atoms with Crippen LogP contribution in [0.3, 0.4) is 0 Å². The number of carbonyl (C=O) groups is 2. The lowest BCUT2D eigenvalue weighted by Gasteiger charge is -2.34. The van der Waals surface area contributed by atoms with E-state index < -0.39 is 0 Å². The molecule has 2 aliphatic heterocycles. The minimum atomic E-state index is -0.0939. The Morgan fingerprint density at radius 2 is 2.00 bits per heavy atom. The summed E-state index contributed by atoms with van der Waals surface area (Å²) in [6.45, 7) is 4.93. The molecule has 3 N–H and O–H groups in total. The Kier molecular flexibility index (Phi) is 6.67. The second-order valence-electron chi connectivity index (χ2n) is 6.78. The molecule has 1 unspecified atom stereocenters. The fraction of sp³-hybridized carbons (Fsp3) is 0.556. The monoisotopic (exact) mass is 366 g/mol. The molecule has 0 aromatic heterocycles. The summed E-state index contributed by atoms with van der Waals surface area (Å²) in [6.07, 6.45) is 2.82. The van der Waals surface area contributed by atoms with Gasteiger partial charge in [-0.05, 0) is 50.3 Å². The van der Waals surface area contributed by atoms with Crippen molar-refractivity contribution in [3.05, 3.63) is 29.8 Å². The normalized spacial score (nSPS) is 19.8. The topological polar surface area (TPSA) is 78.7 Å². The van der Waals surface area contributed by atoms with E-state index in [0.29, 0.717) is 24.6 Å². The number of nitrogens with one attached hydrogen (secondary N) is 1. The van der Waals surface area contributed by atoms with Gasteiger partial charge in [0.25, 0.3) is 5.91 Å². The Hall–Kier alpha value is -1.79. The summed E-state index contributed by atoms with van der Waals surface area (Å²) in [5.74, 6) is 0.537. The molecule has 1 aromatic rings. The number of benzene rings is 1. The van der Waals surface area contributed by atoms with Crippen LogP contribution in [-0.4, -0.2) is 49.1 Å². The first kappa shape index (κ1) is 19.5. The lowest BCUT2D eigenvalue weighted by Crippen LogP contribution is -2.46. The van der Waals surface area contributed by atoms with Crippen molar-refractivity contribution in [2.24, 2.45) is 11.7 Å². The maximum absolute atomic E-state index is 12.8. The number of piperidine rings is 1. The molecule has 0 bridgehead atoms. The first-order valence-corrected chi connectivity index (χ1v) is 8.76. The number of anilines is 1. The second kappa shape index (κ2) is 8.54. The quantitative estimate of drug-likeness (QED) is 0.860. The summed E-state index contributed by atoms with van der Waals surface area (Å²) in [7, 11) is 0. The minimum Gasteiger partial charge on any atom is -0.339 e. The zero-order chi connectivity index (χ0) is 17.1. The molecule has 1 atom stereocenters. The summed E-state index contributed by atoms with van der Waals surface area (Å²) >= 11 is 0. The van der Waals surface area contributed by atoms with Crippen LogP contribution in [0.1, 0.15) is 36.5 Å². The van der Waals surface area contributed by atoms with E-state index in [0.717, 1.165) is 38.0 Å². The molecule has 25 heavy (non-hydrogen) atoms. The molecule has 0 radical (unpaired) electrons. The molecule has 0 spiro atoms. The third kappa shape index (κ3) is 4.44. The van der Waals surface area contributed by atoms with E-state index >= 15 is 0 Å². The molecule has 7 heteroatoms. The molecular weight excluding hydrogens is 340 g/mol. The molecule has 2 fully saturated rings. The van der Waals surface area contributed by atoms with Crippen LogP contribution >= 0.6 is 12.4 Å². The summed E-state index contributed by atoms with van der Waals surface area (Å²) < 4.78 is 0. The zero-order valence-corrected chi connectivity index (χ0v) is 15.4. The van der Waals surface area contributed by atoms with Crippen LogP contribution in [-0.2, 0) is 0 Å². The van der Waals surface area contributed by atoms with E-state index in [2.05, 4.69) is 5.32 Å². The number of carbonyl (C=O) groups excluding carboxylic acids is 2. The smallest absolute Gasteiger partial charge is 0.321 e. The lowest BCUT2D eigenvalue weighted by molar-refractivity contribution is 0.0681. The predicted molar refractivity (Wildman–Crippen MR) is 101 cm³/mol. The number of amides is 3. The number of nitrogens with zero attached hydrogens (tertiary/aromatic N) is 2. The van der Waals surface area contributed by atoms with Gasteiger partial charge in [-0.1, -0.05) is 6.07 Å². The number of halogens is 1. The number of likely N-dealkylation sites (tertiary alicyclic amines) is 1. The molecule has 2 aliphatic rings. The van der Waals surface area contributed by atoms with Gasteiger partial charge < -0.3 is 16.0 Å². The average molecular weight is 367 g/mol. The average Bonchev–Trinajstić information content (AvgIpc) is 2.61. The van der Waals surface area contributed by atoms with Crippen molar-refractivity contribution < 1.29 is 9.59 Å². The fourth-order valence-electron chi connectivity index (χ4n) is 3.49. The van der Waals surface area contributed by atoms with Crippen molar-refractivity contribution in [2.45, 2.75) is 32.2 Å². The van der Waals surface area contributed by atoms with Crippen LogP contribution < -0.4 is 16.0 Å². The number of urea groups is 1. The van der Waals surface area contributed by atoms with Crippen LogP contribution in [0.2, 0.25) is 0 Å². The van der Waals surface area contributed by atoms with Crippen LogP contribution in [0.25, 0.3) is 0 Å². The highest BCUT2D eigenvalue weighted by molar-refractivity contribution is 5.98. The molecule has 3 rings (SSSR count). The van der Waals surface area contributed by atoms with Gasteiger partial charge in [0.15, 0.2) is 0 Å². The number of nitrogens with two attached hydrogens (primary N) is 1. The van der Waals surface area contributed by atoms with Gasteiger partial charge in [0.2, 0.25) is 0 Å². The second-order valence-corrected chi connectivity index (χ2v) is 6.78. The van der Waals surface area contributed by atoms with Gasteiger partial charge in [-0.3, -0.25) is 9.69 Å². The molecular formula is C18H27ClN4O2. The van der Waals surface area contributed by atoms with Gasteiger partial charge >= 0.3 is 6.03 Å². The summed E-state index contributed by atoms with van der Waals surface area (Å²) in [4.78, 5) is 28.3. The zero-order valence-electron chi connectivity index (χ0n) is 14.6. The van der Waals surface area contributed by atoms with E-state index in [1.807, 2.05) is 36.1 Å². The van der Waals surface area contributed by atoms with Crippen LogP contribution in [0.15, 0.2) is 24.3 Å². The molecule has 3 amide bonds. The standard InChI is InChI=1S/C18H26N4O2.ClH/c1-13(19)14-6-10-21(11-7-14)17(23)15-4-2-5-16(12-15)22-9-3-8-20-18(22)24;/h2,4-5,12-14H,3,6-11,19H2,1H3,(H,20,24);1H. The molecule has 2 saturated heterocycles.